The Morgan fingerprint density at radius 3 is 2.36 bits per heavy atom. The van der Waals surface area contributed by atoms with Gasteiger partial charge in [0.2, 0.25) is 0 Å². The number of nitrogens with one attached hydrogen (secondary N) is 1. The van der Waals surface area contributed by atoms with E-state index in [9.17, 15) is 14.7 Å². The number of hydrogen-bond acceptors (Lipinski definition) is 6. The van der Waals surface area contributed by atoms with E-state index in [-0.39, 0.29) is 17.7 Å². The molecule has 1 aromatic carbocycles. The highest BCUT2D eigenvalue weighted by atomic mass is 16.6. The average molecular weight is 457 g/mol. The first-order chi connectivity index (χ1) is 15.7. The number of amides is 1. The fourth-order valence-electron chi connectivity index (χ4n) is 4.71. The molecule has 4 rings (SSSR count). The van der Waals surface area contributed by atoms with Crippen LogP contribution in [-0.2, 0) is 4.74 Å². The van der Waals surface area contributed by atoms with Crippen LogP contribution in [0.4, 0.5) is 4.79 Å². The second-order valence-electron chi connectivity index (χ2n) is 9.64. The number of carbonyl (C=O) groups is 2. The van der Waals surface area contributed by atoms with E-state index in [0.29, 0.717) is 37.0 Å². The summed E-state index contributed by atoms with van der Waals surface area (Å²) in [6.07, 6.45) is 2.26. The maximum atomic E-state index is 12.4. The summed E-state index contributed by atoms with van der Waals surface area (Å²) >= 11 is 0. The maximum Gasteiger partial charge on any atom is 0.410 e. The molecule has 33 heavy (non-hydrogen) atoms. The van der Waals surface area contributed by atoms with Crippen molar-refractivity contribution in [2.75, 3.05) is 32.2 Å². The Morgan fingerprint density at radius 1 is 1.12 bits per heavy atom. The van der Waals surface area contributed by atoms with Crippen molar-refractivity contribution in [3.8, 4) is 17.0 Å². The molecule has 0 bridgehead atoms. The zero-order valence-electron chi connectivity index (χ0n) is 19.6. The quantitative estimate of drug-likeness (QED) is 0.718. The minimum absolute atomic E-state index is 0.122. The number of nitrogens with zero attached hydrogens (tertiary/aromatic N) is 3. The number of ether oxygens (including phenoxy) is 2. The van der Waals surface area contributed by atoms with Crippen molar-refractivity contribution >= 4 is 12.1 Å². The highest BCUT2D eigenvalue weighted by Gasteiger charge is 2.37. The molecule has 9 nitrogen and oxygen atoms in total. The van der Waals surface area contributed by atoms with Crippen LogP contribution in [0.3, 0.4) is 0 Å². The SMILES string of the molecule is COc1ccc(-c2nc3n(c2C(=O)O)NCCC3C2CCN(C(=O)OC(C)(C)C)CC2)cc1. The lowest BCUT2D eigenvalue weighted by atomic mass is 9.81. The number of likely N-dealkylation sites (tertiary alicyclic amines) is 1. The Hall–Kier alpha value is -3.23. The van der Waals surface area contributed by atoms with Gasteiger partial charge in [0.1, 0.15) is 22.9 Å². The van der Waals surface area contributed by atoms with E-state index >= 15 is 0 Å². The van der Waals surface area contributed by atoms with Gasteiger partial charge in [0.15, 0.2) is 5.69 Å². The Morgan fingerprint density at radius 2 is 1.79 bits per heavy atom. The second kappa shape index (κ2) is 8.96. The molecule has 3 heterocycles. The molecule has 1 unspecified atom stereocenters. The number of aromatic nitrogens is 2. The average Bonchev–Trinajstić information content (AvgIpc) is 3.18. The summed E-state index contributed by atoms with van der Waals surface area (Å²) in [5.74, 6) is 0.870. The maximum absolute atomic E-state index is 12.4. The van der Waals surface area contributed by atoms with Crippen LogP contribution in [0.15, 0.2) is 24.3 Å². The number of imidazole rings is 1. The molecule has 0 aliphatic carbocycles. The number of fused-ring (bicyclic) bond motifs is 1. The first-order valence-corrected chi connectivity index (χ1v) is 11.4. The molecule has 1 amide bonds. The van der Waals surface area contributed by atoms with Crippen molar-refractivity contribution in [1.29, 1.82) is 0 Å². The monoisotopic (exact) mass is 456 g/mol. The van der Waals surface area contributed by atoms with Crippen LogP contribution in [0.2, 0.25) is 0 Å². The van der Waals surface area contributed by atoms with Gasteiger partial charge in [-0.05, 0) is 70.2 Å². The van der Waals surface area contributed by atoms with Crippen molar-refractivity contribution in [1.82, 2.24) is 14.6 Å². The van der Waals surface area contributed by atoms with Crippen molar-refractivity contribution in [2.45, 2.75) is 51.6 Å². The number of carboxylic acid groups (broad SMARTS) is 1. The third-order valence-electron chi connectivity index (χ3n) is 6.29. The molecule has 1 saturated heterocycles. The first kappa shape index (κ1) is 22.9. The molecule has 0 radical (unpaired) electrons. The van der Waals surface area contributed by atoms with Crippen LogP contribution >= 0.6 is 0 Å². The summed E-state index contributed by atoms with van der Waals surface area (Å²) in [7, 11) is 1.59. The van der Waals surface area contributed by atoms with Gasteiger partial charge in [-0.25, -0.2) is 19.2 Å². The number of carbonyl (C=O) groups excluding carboxylic acids is 1. The third kappa shape index (κ3) is 4.77. The van der Waals surface area contributed by atoms with E-state index in [4.69, 9.17) is 14.5 Å². The lowest BCUT2D eigenvalue weighted by molar-refractivity contribution is 0.0170. The van der Waals surface area contributed by atoms with Gasteiger partial charge in [0, 0.05) is 31.1 Å². The third-order valence-corrected chi connectivity index (χ3v) is 6.29. The summed E-state index contributed by atoms with van der Waals surface area (Å²) in [5, 5.41) is 9.97. The summed E-state index contributed by atoms with van der Waals surface area (Å²) in [6.45, 7) is 7.53. The number of rotatable bonds is 4. The number of benzene rings is 1. The molecule has 1 atom stereocenters. The summed E-state index contributed by atoms with van der Waals surface area (Å²) in [4.78, 5) is 31.2. The minimum Gasteiger partial charge on any atom is -0.497 e. The molecule has 9 heteroatoms. The van der Waals surface area contributed by atoms with Gasteiger partial charge in [-0.1, -0.05) is 0 Å². The molecule has 1 fully saturated rings. The summed E-state index contributed by atoms with van der Waals surface area (Å²) < 4.78 is 12.4. The molecule has 2 aliphatic heterocycles. The van der Waals surface area contributed by atoms with Crippen LogP contribution < -0.4 is 10.2 Å². The minimum atomic E-state index is -1.02. The van der Waals surface area contributed by atoms with Gasteiger partial charge < -0.3 is 24.9 Å². The number of carboxylic acids is 1. The highest BCUT2D eigenvalue weighted by Crippen LogP contribution is 2.39. The van der Waals surface area contributed by atoms with E-state index in [1.165, 1.54) is 0 Å². The van der Waals surface area contributed by atoms with E-state index in [2.05, 4.69) is 5.43 Å². The number of hydrogen-bond donors (Lipinski definition) is 2. The molecular formula is C24H32N4O5. The van der Waals surface area contributed by atoms with Gasteiger partial charge >= 0.3 is 12.1 Å². The molecule has 178 valence electrons. The van der Waals surface area contributed by atoms with Crippen LogP contribution in [0, 0.1) is 5.92 Å². The molecule has 2 N–H and O–H groups in total. The normalized spacial score (nSPS) is 18.9. The van der Waals surface area contributed by atoms with Crippen LogP contribution in [0.1, 0.15) is 62.3 Å². The summed E-state index contributed by atoms with van der Waals surface area (Å²) in [5.41, 5.74) is 4.02. The fourth-order valence-corrected chi connectivity index (χ4v) is 4.71. The van der Waals surface area contributed by atoms with E-state index in [1.807, 2.05) is 32.9 Å². The van der Waals surface area contributed by atoms with Crippen molar-refractivity contribution < 1.29 is 24.2 Å². The first-order valence-electron chi connectivity index (χ1n) is 11.4. The standard InChI is InChI=1S/C24H32N4O5/c1-24(2,3)33-23(31)27-13-10-15(11-14-27)18-9-12-25-28-20(22(29)30)19(26-21(18)28)16-5-7-17(32-4)8-6-16/h5-8,15,18,25H,9-14H2,1-4H3,(H,29,30). The van der Waals surface area contributed by atoms with Gasteiger partial charge in [-0.15, -0.1) is 0 Å². The molecule has 1 aromatic heterocycles. The predicted octanol–water partition coefficient (Wildman–Crippen LogP) is 3.93. The molecule has 0 saturated carbocycles. The van der Waals surface area contributed by atoms with E-state index < -0.39 is 11.6 Å². The van der Waals surface area contributed by atoms with E-state index in [0.717, 1.165) is 30.7 Å². The number of piperidine rings is 1. The largest absolute Gasteiger partial charge is 0.497 e. The Labute approximate surface area is 193 Å². The topological polar surface area (TPSA) is 106 Å². The molecule has 2 aliphatic rings. The molecular weight excluding hydrogens is 424 g/mol. The lowest BCUT2D eigenvalue weighted by Gasteiger charge is -2.38. The highest BCUT2D eigenvalue weighted by molar-refractivity contribution is 5.93. The van der Waals surface area contributed by atoms with E-state index in [1.54, 1.807) is 28.8 Å². The Balaban J connectivity index is 1.57. The Bertz CT molecular complexity index is 1020. The fraction of sp³-hybridized carbons (Fsp3) is 0.542. The van der Waals surface area contributed by atoms with Crippen molar-refractivity contribution in [3.63, 3.8) is 0 Å². The smallest absolute Gasteiger partial charge is 0.410 e. The zero-order chi connectivity index (χ0) is 23.8. The second-order valence-corrected chi connectivity index (χ2v) is 9.64. The number of methoxy groups -OCH3 is 1. The zero-order valence-corrected chi connectivity index (χ0v) is 19.6. The number of aromatic carboxylic acids is 1. The van der Waals surface area contributed by atoms with Gasteiger partial charge in [0.05, 0.1) is 7.11 Å². The van der Waals surface area contributed by atoms with Gasteiger partial charge in [-0.3, -0.25) is 0 Å². The van der Waals surface area contributed by atoms with Gasteiger partial charge in [0.25, 0.3) is 0 Å². The predicted molar refractivity (Wildman–Crippen MR) is 123 cm³/mol. The lowest BCUT2D eigenvalue weighted by Crippen LogP contribution is -2.43. The van der Waals surface area contributed by atoms with Crippen LogP contribution in [0.25, 0.3) is 11.3 Å². The van der Waals surface area contributed by atoms with Crippen molar-refractivity contribution in [3.05, 3.63) is 35.8 Å². The van der Waals surface area contributed by atoms with Gasteiger partial charge in [-0.2, -0.15) is 0 Å². The van der Waals surface area contributed by atoms with Crippen molar-refractivity contribution in [2.24, 2.45) is 5.92 Å². The molecule has 2 aromatic rings. The van der Waals surface area contributed by atoms with Crippen LogP contribution in [0.5, 0.6) is 5.75 Å². The van der Waals surface area contributed by atoms with Crippen LogP contribution in [-0.4, -0.2) is 64.1 Å². The Kier molecular flexibility index (Phi) is 6.23. The summed E-state index contributed by atoms with van der Waals surface area (Å²) in [6, 6.07) is 7.26. The molecule has 0 spiro atoms.